The highest BCUT2D eigenvalue weighted by molar-refractivity contribution is 7.80. The van der Waals surface area contributed by atoms with Gasteiger partial charge >= 0.3 is 5.97 Å². The molecule has 2 aromatic rings. The third-order valence-corrected chi connectivity index (χ3v) is 3.64. The van der Waals surface area contributed by atoms with E-state index in [1.165, 1.54) is 0 Å². The van der Waals surface area contributed by atoms with Gasteiger partial charge in [-0.1, -0.05) is 42.5 Å². The monoisotopic (exact) mass is 397 g/mol. The van der Waals surface area contributed by atoms with Crippen molar-refractivity contribution in [2.24, 2.45) is 0 Å². The molecular formula is C20H19N3O4S. The van der Waals surface area contributed by atoms with Crippen LogP contribution in [0.15, 0.2) is 66.7 Å². The van der Waals surface area contributed by atoms with Crippen molar-refractivity contribution < 1.29 is 19.1 Å². The van der Waals surface area contributed by atoms with E-state index in [1.807, 2.05) is 42.5 Å². The number of carbonyl (C=O) groups is 3. The van der Waals surface area contributed by atoms with Gasteiger partial charge in [-0.05, 0) is 42.4 Å². The van der Waals surface area contributed by atoms with E-state index in [0.717, 1.165) is 23.3 Å². The smallest absolute Gasteiger partial charge is 0.330 e. The van der Waals surface area contributed by atoms with Gasteiger partial charge in [-0.15, -0.1) is 0 Å². The van der Waals surface area contributed by atoms with Crippen LogP contribution in [-0.4, -0.2) is 29.5 Å². The number of benzene rings is 2. The van der Waals surface area contributed by atoms with Gasteiger partial charge in [0.15, 0.2) is 5.11 Å². The molecule has 0 radical (unpaired) electrons. The van der Waals surface area contributed by atoms with Crippen LogP contribution < -0.4 is 16.2 Å². The molecule has 0 saturated heterocycles. The highest BCUT2D eigenvalue weighted by Crippen LogP contribution is 2.19. The molecule has 0 aliphatic carbocycles. The Morgan fingerprint density at radius 3 is 2.21 bits per heavy atom. The summed E-state index contributed by atoms with van der Waals surface area (Å²) in [6, 6.07) is 16.8. The third kappa shape index (κ3) is 6.65. The van der Waals surface area contributed by atoms with Crippen molar-refractivity contribution in [3.63, 3.8) is 0 Å². The Morgan fingerprint density at radius 2 is 1.57 bits per heavy atom. The van der Waals surface area contributed by atoms with Crippen LogP contribution in [0.2, 0.25) is 0 Å². The van der Waals surface area contributed by atoms with Gasteiger partial charge in [0, 0.05) is 17.7 Å². The van der Waals surface area contributed by atoms with E-state index >= 15 is 0 Å². The Bertz CT molecular complexity index is 880. The highest BCUT2D eigenvalue weighted by Gasteiger charge is 2.07. The molecule has 28 heavy (non-hydrogen) atoms. The molecule has 0 atom stereocenters. The number of amides is 2. The number of hydrazine groups is 1. The first-order chi connectivity index (χ1) is 13.5. The minimum atomic E-state index is -0.635. The standard InChI is InChI=1S/C20H19N3O4S/c1-2-27-18(25)13-12-17(24)21-20(28)23-22-19(26)16-10-8-15(9-11-16)14-6-4-3-5-7-14/h3-13H,2H2,1H3,(H,22,26)(H2,21,23,24,28)/b13-12+. The van der Waals surface area contributed by atoms with Crippen molar-refractivity contribution in [1.29, 1.82) is 0 Å². The first-order valence-electron chi connectivity index (χ1n) is 8.41. The Labute approximate surface area is 167 Å². The van der Waals surface area contributed by atoms with E-state index in [9.17, 15) is 14.4 Å². The minimum Gasteiger partial charge on any atom is -0.463 e. The lowest BCUT2D eigenvalue weighted by Crippen LogP contribution is -2.48. The van der Waals surface area contributed by atoms with Gasteiger partial charge in [0.25, 0.3) is 5.91 Å². The number of carbonyl (C=O) groups excluding carboxylic acids is 3. The fourth-order valence-corrected chi connectivity index (χ4v) is 2.30. The molecule has 144 valence electrons. The van der Waals surface area contributed by atoms with Crippen molar-refractivity contribution in [3.8, 4) is 11.1 Å². The Balaban J connectivity index is 1.82. The molecule has 2 aromatic carbocycles. The van der Waals surface area contributed by atoms with Crippen LogP contribution in [0.5, 0.6) is 0 Å². The Morgan fingerprint density at radius 1 is 0.929 bits per heavy atom. The highest BCUT2D eigenvalue weighted by atomic mass is 32.1. The quantitative estimate of drug-likeness (QED) is 0.310. The first-order valence-corrected chi connectivity index (χ1v) is 8.82. The lowest BCUT2D eigenvalue weighted by Gasteiger charge is -2.10. The zero-order chi connectivity index (χ0) is 20.4. The number of rotatable bonds is 5. The van der Waals surface area contributed by atoms with Crippen LogP contribution in [-0.2, 0) is 14.3 Å². The maximum atomic E-state index is 12.1. The molecule has 0 saturated carbocycles. The average molecular weight is 397 g/mol. The van der Waals surface area contributed by atoms with E-state index in [0.29, 0.717) is 5.56 Å². The second-order valence-electron chi connectivity index (χ2n) is 5.43. The number of esters is 1. The SMILES string of the molecule is CCOC(=O)/C=C/C(=O)NC(=S)NNC(=O)c1ccc(-c2ccccc2)cc1. The zero-order valence-electron chi connectivity index (χ0n) is 15.1. The fourth-order valence-electron chi connectivity index (χ4n) is 2.15. The van der Waals surface area contributed by atoms with Gasteiger partial charge in [-0.25, -0.2) is 4.79 Å². The molecule has 2 rings (SSSR count). The summed E-state index contributed by atoms with van der Waals surface area (Å²) < 4.78 is 4.65. The van der Waals surface area contributed by atoms with Gasteiger partial charge < -0.3 is 4.74 Å². The molecule has 7 nitrogen and oxygen atoms in total. The topological polar surface area (TPSA) is 96.5 Å². The van der Waals surface area contributed by atoms with Crippen molar-refractivity contribution in [2.45, 2.75) is 6.92 Å². The molecule has 3 N–H and O–H groups in total. The molecule has 0 aliphatic rings. The average Bonchev–Trinajstić information content (AvgIpc) is 2.71. The molecule has 0 unspecified atom stereocenters. The summed E-state index contributed by atoms with van der Waals surface area (Å²) in [7, 11) is 0. The molecular weight excluding hydrogens is 378 g/mol. The Kier molecular flexibility index (Phi) is 7.86. The summed E-state index contributed by atoms with van der Waals surface area (Å²) in [6.45, 7) is 1.87. The Hall–Kier alpha value is -3.52. The summed E-state index contributed by atoms with van der Waals surface area (Å²) in [5.74, 6) is -1.69. The van der Waals surface area contributed by atoms with Crippen LogP contribution in [0.3, 0.4) is 0 Å². The molecule has 0 aromatic heterocycles. The largest absolute Gasteiger partial charge is 0.463 e. The van der Waals surface area contributed by atoms with E-state index in [2.05, 4.69) is 20.9 Å². The van der Waals surface area contributed by atoms with E-state index < -0.39 is 17.8 Å². The number of ether oxygens (including phenoxy) is 1. The molecule has 0 spiro atoms. The van der Waals surface area contributed by atoms with Crippen LogP contribution in [0, 0.1) is 0 Å². The van der Waals surface area contributed by atoms with Crippen LogP contribution in [0.1, 0.15) is 17.3 Å². The number of hydrogen-bond donors (Lipinski definition) is 3. The molecule has 0 heterocycles. The lowest BCUT2D eigenvalue weighted by atomic mass is 10.0. The summed E-state index contributed by atoms with van der Waals surface area (Å²) in [5.41, 5.74) is 7.26. The van der Waals surface area contributed by atoms with Gasteiger partial charge in [0.2, 0.25) is 5.91 Å². The molecule has 8 heteroatoms. The van der Waals surface area contributed by atoms with Crippen molar-refractivity contribution in [3.05, 3.63) is 72.3 Å². The van der Waals surface area contributed by atoms with Gasteiger partial charge in [0.05, 0.1) is 6.61 Å². The third-order valence-electron chi connectivity index (χ3n) is 3.44. The normalized spacial score (nSPS) is 10.2. The maximum absolute atomic E-state index is 12.1. The van der Waals surface area contributed by atoms with Crippen LogP contribution >= 0.6 is 12.2 Å². The van der Waals surface area contributed by atoms with Crippen molar-refractivity contribution >= 4 is 35.1 Å². The van der Waals surface area contributed by atoms with E-state index in [1.54, 1.807) is 19.1 Å². The molecule has 0 fully saturated rings. The lowest BCUT2D eigenvalue weighted by molar-refractivity contribution is -0.137. The second-order valence-corrected chi connectivity index (χ2v) is 5.83. The minimum absolute atomic E-state index is 0.118. The van der Waals surface area contributed by atoms with Crippen molar-refractivity contribution in [2.75, 3.05) is 6.61 Å². The van der Waals surface area contributed by atoms with E-state index in [4.69, 9.17) is 12.2 Å². The predicted molar refractivity (Wildman–Crippen MR) is 109 cm³/mol. The predicted octanol–water partition coefficient (Wildman–Crippen LogP) is 2.11. The number of hydrogen-bond acceptors (Lipinski definition) is 5. The molecule has 0 aliphatic heterocycles. The van der Waals surface area contributed by atoms with Gasteiger partial charge in [-0.2, -0.15) is 0 Å². The summed E-state index contributed by atoms with van der Waals surface area (Å²) in [6.07, 6.45) is 1.96. The number of nitrogens with one attached hydrogen (secondary N) is 3. The van der Waals surface area contributed by atoms with Crippen molar-refractivity contribution in [1.82, 2.24) is 16.2 Å². The molecule has 0 bridgehead atoms. The summed E-state index contributed by atoms with van der Waals surface area (Å²) >= 11 is 4.91. The van der Waals surface area contributed by atoms with Gasteiger partial charge in [-0.3, -0.25) is 25.8 Å². The zero-order valence-corrected chi connectivity index (χ0v) is 15.9. The van der Waals surface area contributed by atoms with E-state index in [-0.39, 0.29) is 11.7 Å². The van der Waals surface area contributed by atoms with Crippen LogP contribution in [0.4, 0.5) is 0 Å². The van der Waals surface area contributed by atoms with Crippen LogP contribution in [0.25, 0.3) is 11.1 Å². The number of thiocarbonyl (C=S) groups is 1. The van der Waals surface area contributed by atoms with Gasteiger partial charge in [0.1, 0.15) is 0 Å². The fraction of sp³-hybridized carbons (Fsp3) is 0.100. The summed E-state index contributed by atoms with van der Waals surface area (Å²) in [4.78, 5) is 34.9. The first kappa shape index (κ1) is 20.8. The molecule has 2 amide bonds. The summed E-state index contributed by atoms with van der Waals surface area (Å²) in [5, 5.41) is 2.17. The maximum Gasteiger partial charge on any atom is 0.330 e. The second kappa shape index (κ2) is 10.6.